The van der Waals surface area contributed by atoms with Gasteiger partial charge in [-0.05, 0) is 26.4 Å². The Kier molecular flexibility index (Phi) is 5.17. The Morgan fingerprint density at radius 1 is 1.23 bits per heavy atom. The zero-order chi connectivity index (χ0) is 22.8. The van der Waals surface area contributed by atoms with Crippen molar-refractivity contribution in [3.63, 3.8) is 0 Å². The summed E-state index contributed by atoms with van der Waals surface area (Å²) in [5.74, 6) is -0.207. The van der Waals surface area contributed by atoms with Crippen molar-refractivity contribution in [2.24, 2.45) is 10.8 Å². The van der Waals surface area contributed by atoms with Crippen molar-refractivity contribution < 1.29 is 33.3 Å². The zero-order valence-electron chi connectivity index (χ0n) is 18.5. The normalized spacial score (nSPS) is 39.5. The third kappa shape index (κ3) is 2.32. The molecule has 1 aliphatic heterocycles. The molecule has 1 saturated heterocycles. The zero-order valence-corrected chi connectivity index (χ0v) is 19.2. The van der Waals surface area contributed by atoms with Gasteiger partial charge < -0.3 is 18.9 Å². The second-order valence-corrected chi connectivity index (χ2v) is 9.19. The molecule has 3 aliphatic carbocycles. The van der Waals surface area contributed by atoms with Gasteiger partial charge in [-0.15, -0.1) is 11.6 Å². The monoisotopic (exact) mass is 453 g/mol. The van der Waals surface area contributed by atoms with E-state index in [2.05, 4.69) is 4.90 Å². The number of alkyl halides is 1. The molecule has 0 amide bonds. The Labute approximate surface area is 186 Å². The molecule has 8 nitrogen and oxygen atoms in total. The van der Waals surface area contributed by atoms with Crippen LogP contribution in [-0.2, 0) is 33.3 Å². The van der Waals surface area contributed by atoms with E-state index < -0.39 is 33.8 Å². The molecule has 0 aromatic rings. The van der Waals surface area contributed by atoms with Crippen LogP contribution in [0.3, 0.4) is 0 Å². The van der Waals surface area contributed by atoms with Gasteiger partial charge in [-0.2, -0.15) is 0 Å². The van der Waals surface area contributed by atoms with Crippen LogP contribution in [0.5, 0.6) is 0 Å². The van der Waals surface area contributed by atoms with Gasteiger partial charge in [0.2, 0.25) is 11.5 Å². The standard InChI is InChI=1S/C22H28ClNO7/c1-6-16(27)31-18-13(28-3)9-15(26)22(18)14(23)11-21-19(30-5)17(29-4)12(25)10-20(21,22)7-8-24(21)2/h9,14,18H,6-8,10-11H2,1-5H3/t14-,18+,20?,21?,22+/m0/s1. The van der Waals surface area contributed by atoms with E-state index in [9.17, 15) is 14.4 Å². The van der Waals surface area contributed by atoms with Gasteiger partial charge in [0.05, 0.1) is 32.2 Å². The lowest BCUT2D eigenvalue weighted by atomic mass is 9.52. The Hall–Kier alpha value is -2.06. The number of allylic oxidation sites excluding steroid dienone is 2. The van der Waals surface area contributed by atoms with Gasteiger partial charge in [0.15, 0.2) is 17.6 Å². The molecule has 0 aromatic carbocycles. The minimum Gasteiger partial charge on any atom is -0.497 e. The first-order chi connectivity index (χ1) is 14.7. The van der Waals surface area contributed by atoms with E-state index in [0.29, 0.717) is 25.1 Å². The summed E-state index contributed by atoms with van der Waals surface area (Å²) >= 11 is 7.05. The SMILES string of the molecule is CCC(=O)O[C@@H]1C(OC)=CC(=O)[C@]12[C@@H](Cl)CC13C(OC)=C(OC)C(=O)CC12CCN3C. The van der Waals surface area contributed by atoms with Gasteiger partial charge in [0, 0.05) is 24.3 Å². The molecule has 31 heavy (non-hydrogen) atoms. The maximum Gasteiger partial charge on any atom is 0.306 e. The van der Waals surface area contributed by atoms with E-state index >= 15 is 0 Å². The molecule has 0 N–H and O–H groups in total. The van der Waals surface area contributed by atoms with Crippen molar-refractivity contribution in [3.8, 4) is 0 Å². The van der Waals surface area contributed by atoms with Crippen LogP contribution in [0.25, 0.3) is 0 Å². The highest BCUT2D eigenvalue weighted by molar-refractivity contribution is 6.25. The first kappa shape index (κ1) is 22.1. The average molecular weight is 454 g/mol. The van der Waals surface area contributed by atoms with E-state index in [0.717, 1.165) is 0 Å². The summed E-state index contributed by atoms with van der Waals surface area (Å²) in [6.45, 7) is 2.30. The predicted octanol–water partition coefficient (Wildman–Crippen LogP) is 1.96. The maximum absolute atomic E-state index is 13.8. The van der Waals surface area contributed by atoms with Crippen molar-refractivity contribution in [1.82, 2.24) is 4.90 Å². The van der Waals surface area contributed by atoms with E-state index in [4.69, 9.17) is 30.5 Å². The highest BCUT2D eigenvalue weighted by Crippen LogP contribution is 2.75. The predicted molar refractivity (Wildman–Crippen MR) is 110 cm³/mol. The molecule has 0 aromatic heterocycles. The molecule has 4 aliphatic rings. The second kappa shape index (κ2) is 7.24. The van der Waals surface area contributed by atoms with Crippen molar-refractivity contribution in [2.45, 2.75) is 49.6 Å². The highest BCUT2D eigenvalue weighted by Gasteiger charge is 2.84. The van der Waals surface area contributed by atoms with Gasteiger partial charge in [-0.25, -0.2) is 0 Å². The van der Waals surface area contributed by atoms with Gasteiger partial charge in [0.1, 0.15) is 11.2 Å². The summed E-state index contributed by atoms with van der Waals surface area (Å²) in [6, 6.07) is 0. The minimum absolute atomic E-state index is 0.0351. The molecule has 1 spiro atoms. The number of rotatable bonds is 5. The summed E-state index contributed by atoms with van der Waals surface area (Å²) < 4.78 is 22.6. The van der Waals surface area contributed by atoms with E-state index in [1.807, 2.05) is 7.05 Å². The molecule has 4 rings (SSSR count). The smallest absolute Gasteiger partial charge is 0.306 e. The second-order valence-electron chi connectivity index (χ2n) is 8.66. The average Bonchev–Trinajstić information content (AvgIpc) is 3.28. The third-order valence-electron chi connectivity index (χ3n) is 7.91. The van der Waals surface area contributed by atoms with Crippen LogP contribution in [0.15, 0.2) is 23.4 Å². The largest absolute Gasteiger partial charge is 0.497 e. The molecule has 5 atom stereocenters. The van der Waals surface area contributed by atoms with Crippen molar-refractivity contribution in [1.29, 1.82) is 0 Å². The Morgan fingerprint density at radius 3 is 2.52 bits per heavy atom. The Bertz CT molecular complexity index is 914. The summed E-state index contributed by atoms with van der Waals surface area (Å²) in [6.07, 6.45) is 1.39. The Morgan fingerprint density at radius 2 is 1.94 bits per heavy atom. The fraction of sp³-hybridized carbons (Fsp3) is 0.682. The van der Waals surface area contributed by atoms with Crippen LogP contribution in [0.1, 0.15) is 32.6 Å². The first-order valence-corrected chi connectivity index (χ1v) is 10.9. The molecule has 2 fully saturated rings. The van der Waals surface area contributed by atoms with Crippen LogP contribution >= 0.6 is 11.6 Å². The number of carbonyl (C=O) groups excluding carboxylic acids is 3. The van der Waals surface area contributed by atoms with E-state index in [-0.39, 0.29) is 35.9 Å². The topological polar surface area (TPSA) is 91.4 Å². The van der Waals surface area contributed by atoms with Crippen LogP contribution in [0.2, 0.25) is 0 Å². The van der Waals surface area contributed by atoms with Crippen LogP contribution in [0, 0.1) is 10.8 Å². The number of nitrogens with zero attached hydrogens (tertiary/aromatic N) is 1. The summed E-state index contributed by atoms with van der Waals surface area (Å²) in [7, 11) is 6.30. The molecular formula is C22H28ClNO7. The fourth-order valence-electron chi connectivity index (χ4n) is 6.76. The van der Waals surface area contributed by atoms with Crippen LogP contribution in [-0.4, -0.2) is 74.4 Å². The number of carbonyl (C=O) groups is 3. The Balaban J connectivity index is 2.02. The van der Waals surface area contributed by atoms with Crippen LogP contribution in [0.4, 0.5) is 0 Å². The molecule has 0 bridgehead atoms. The van der Waals surface area contributed by atoms with E-state index in [1.165, 1.54) is 27.4 Å². The number of ketones is 2. The number of hydrogen-bond donors (Lipinski definition) is 0. The first-order valence-electron chi connectivity index (χ1n) is 10.4. The number of ether oxygens (including phenoxy) is 4. The number of halogens is 1. The summed E-state index contributed by atoms with van der Waals surface area (Å²) in [5.41, 5.74) is -3.15. The molecule has 9 heteroatoms. The van der Waals surface area contributed by atoms with Crippen LogP contribution < -0.4 is 0 Å². The number of methoxy groups -OCH3 is 3. The van der Waals surface area contributed by atoms with Gasteiger partial charge in [0.25, 0.3) is 0 Å². The summed E-state index contributed by atoms with van der Waals surface area (Å²) in [5, 5.41) is -0.726. The van der Waals surface area contributed by atoms with Gasteiger partial charge >= 0.3 is 5.97 Å². The van der Waals surface area contributed by atoms with Crippen molar-refractivity contribution >= 4 is 29.1 Å². The highest BCUT2D eigenvalue weighted by atomic mass is 35.5. The van der Waals surface area contributed by atoms with Crippen molar-refractivity contribution in [3.05, 3.63) is 23.4 Å². The lowest BCUT2D eigenvalue weighted by Gasteiger charge is -2.53. The number of esters is 1. The minimum atomic E-state index is -1.35. The van der Waals surface area contributed by atoms with Gasteiger partial charge in [-0.1, -0.05) is 6.92 Å². The molecule has 1 heterocycles. The molecule has 0 radical (unpaired) electrons. The lowest BCUT2D eigenvalue weighted by molar-refractivity contribution is -0.168. The maximum atomic E-state index is 13.8. The third-order valence-corrected chi connectivity index (χ3v) is 8.41. The lowest BCUT2D eigenvalue weighted by Crippen LogP contribution is -2.63. The summed E-state index contributed by atoms with van der Waals surface area (Å²) in [4.78, 5) is 41.5. The van der Waals surface area contributed by atoms with Gasteiger partial charge in [-0.3, -0.25) is 19.3 Å². The molecule has 2 unspecified atom stereocenters. The van der Waals surface area contributed by atoms with Crippen molar-refractivity contribution in [2.75, 3.05) is 34.9 Å². The number of hydrogen-bond acceptors (Lipinski definition) is 8. The quantitative estimate of drug-likeness (QED) is 0.461. The fourth-order valence-corrected chi connectivity index (χ4v) is 7.41. The number of likely N-dealkylation sites (N-methyl/N-ethyl adjacent to an activating group) is 1. The molecule has 1 saturated carbocycles. The number of Topliss-reactive ketones (excluding diaryl/α,β-unsaturated/α-hetero) is 1. The van der Waals surface area contributed by atoms with E-state index in [1.54, 1.807) is 6.92 Å². The molecule has 170 valence electrons. The number of likely N-dealkylation sites (tertiary alicyclic amines) is 1. The molecular weight excluding hydrogens is 426 g/mol.